The number of halogens is 3. The predicted molar refractivity (Wildman–Crippen MR) is 164 cm³/mol. The van der Waals surface area contributed by atoms with Gasteiger partial charge in [-0.05, 0) is 76.3 Å². The molecule has 5 aromatic rings. The number of aromatic nitrogens is 2. The summed E-state index contributed by atoms with van der Waals surface area (Å²) in [5.74, 6) is -0.569. The van der Waals surface area contributed by atoms with Gasteiger partial charge in [0, 0.05) is 59.9 Å². The van der Waals surface area contributed by atoms with Gasteiger partial charge in [0.1, 0.15) is 0 Å². The van der Waals surface area contributed by atoms with Crippen LogP contribution in [0.2, 0.25) is 10.0 Å². The fourth-order valence-electron chi connectivity index (χ4n) is 5.35. The van der Waals surface area contributed by atoms with Crippen LogP contribution in [0.1, 0.15) is 22.4 Å². The predicted octanol–water partition coefficient (Wildman–Crippen LogP) is 7.98. The average Bonchev–Trinajstić information content (AvgIpc) is 3.30. The van der Waals surface area contributed by atoms with Gasteiger partial charge in [-0.15, -0.1) is 0 Å². The first-order valence-electron chi connectivity index (χ1n) is 13.4. The summed E-state index contributed by atoms with van der Waals surface area (Å²) in [6, 6.07) is 24.5. The molecule has 1 aliphatic heterocycles. The van der Waals surface area contributed by atoms with Crippen LogP contribution in [-0.2, 0) is 19.5 Å². The van der Waals surface area contributed by atoms with Crippen LogP contribution in [0.25, 0.3) is 28.1 Å². The second kappa shape index (κ2) is 11.9. The molecule has 5 nitrogen and oxygen atoms in total. The number of fused-ring (bicyclic) bond motifs is 3. The summed E-state index contributed by atoms with van der Waals surface area (Å²) in [6.07, 6.45) is 6.39. The molecule has 0 saturated heterocycles. The number of benzene rings is 3. The summed E-state index contributed by atoms with van der Waals surface area (Å²) in [5, 5.41) is 5.42. The van der Waals surface area contributed by atoms with Crippen LogP contribution in [0, 0.1) is 5.95 Å². The first-order chi connectivity index (χ1) is 19.9. The Hall–Kier alpha value is -3.97. The molecule has 8 heteroatoms. The highest BCUT2D eigenvalue weighted by molar-refractivity contribution is 6.30. The van der Waals surface area contributed by atoms with Crippen molar-refractivity contribution in [3.63, 3.8) is 0 Å². The zero-order chi connectivity index (χ0) is 28.3. The highest BCUT2D eigenvalue weighted by Crippen LogP contribution is 2.34. The minimum atomic E-state index is -0.569. The Morgan fingerprint density at radius 1 is 0.951 bits per heavy atom. The van der Waals surface area contributed by atoms with Gasteiger partial charge in [-0.25, -0.2) is 9.78 Å². The van der Waals surface area contributed by atoms with E-state index >= 15 is 0 Å². The van der Waals surface area contributed by atoms with E-state index in [9.17, 15) is 9.18 Å². The van der Waals surface area contributed by atoms with E-state index in [1.54, 1.807) is 10.6 Å². The second-order valence-electron chi connectivity index (χ2n) is 10.1. The Morgan fingerprint density at radius 3 is 2.44 bits per heavy atom. The van der Waals surface area contributed by atoms with Crippen LogP contribution >= 0.6 is 23.2 Å². The Bertz CT molecular complexity index is 1750. The minimum absolute atomic E-state index is 0.206. The highest BCUT2D eigenvalue weighted by Gasteiger charge is 2.26. The molecular weight excluding hydrogens is 558 g/mol. The van der Waals surface area contributed by atoms with Crippen molar-refractivity contribution in [2.45, 2.75) is 19.5 Å². The van der Waals surface area contributed by atoms with E-state index in [1.807, 2.05) is 60.7 Å². The lowest BCUT2D eigenvalue weighted by Crippen LogP contribution is -2.34. The summed E-state index contributed by atoms with van der Waals surface area (Å²) in [4.78, 5) is 19.5. The van der Waals surface area contributed by atoms with E-state index < -0.39 is 5.95 Å². The van der Waals surface area contributed by atoms with Crippen LogP contribution in [0.15, 0.2) is 91.1 Å². The number of amides is 1. The number of pyridine rings is 1. The fraction of sp³-hybridized carbons (Fsp3) is 0.152. The molecule has 0 spiro atoms. The number of carbonyl (C=O) groups is 1. The van der Waals surface area contributed by atoms with Crippen molar-refractivity contribution in [2.24, 2.45) is 0 Å². The monoisotopic (exact) mass is 584 g/mol. The third-order valence-electron chi connectivity index (χ3n) is 7.39. The summed E-state index contributed by atoms with van der Waals surface area (Å²) < 4.78 is 15.4. The number of hydrogen-bond acceptors (Lipinski definition) is 3. The minimum Gasteiger partial charge on any atom is -0.333 e. The molecule has 3 aromatic carbocycles. The Kier molecular flexibility index (Phi) is 7.88. The quantitative estimate of drug-likeness (QED) is 0.206. The molecule has 0 unspecified atom stereocenters. The number of nitrogens with one attached hydrogen (secondary N) is 1. The Labute approximate surface area is 247 Å². The lowest BCUT2D eigenvalue weighted by Gasteiger charge is -2.27. The van der Waals surface area contributed by atoms with Gasteiger partial charge in [0.15, 0.2) is 0 Å². The van der Waals surface area contributed by atoms with E-state index in [1.165, 1.54) is 12.3 Å². The fourth-order valence-corrected chi connectivity index (χ4v) is 5.60. The van der Waals surface area contributed by atoms with Crippen LogP contribution in [0.5, 0.6) is 0 Å². The van der Waals surface area contributed by atoms with E-state index in [0.29, 0.717) is 10.6 Å². The van der Waals surface area contributed by atoms with Gasteiger partial charge in [-0.2, -0.15) is 4.39 Å². The van der Waals surface area contributed by atoms with Crippen molar-refractivity contribution in [1.29, 1.82) is 0 Å². The smallest absolute Gasteiger partial charge is 0.326 e. The molecule has 0 saturated carbocycles. The number of carbonyl (C=O) groups excluding carboxylic acids is 1. The van der Waals surface area contributed by atoms with E-state index in [4.69, 9.17) is 23.2 Å². The molecular formula is C33H27Cl2FN4O. The highest BCUT2D eigenvalue weighted by atomic mass is 35.5. The third kappa shape index (κ3) is 6.05. The first kappa shape index (κ1) is 27.2. The van der Waals surface area contributed by atoms with E-state index in [-0.39, 0.29) is 12.6 Å². The normalized spacial score (nSPS) is 13.5. The van der Waals surface area contributed by atoms with Gasteiger partial charge in [0.05, 0.1) is 5.52 Å². The number of hydrogen-bond donors (Lipinski definition) is 1. The molecule has 206 valence electrons. The van der Waals surface area contributed by atoms with Crippen LogP contribution in [0.3, 0.4) is 0 Å². The van der Waals surface area contributed by atoms with Gasteiger partial charge >= 0.3 is 6.03 Å². The summed E-state index contributed by atoms with van der Waals surface area (Å²) in [7, 11) is 0. The second-order valence-corrected chi connectivity index (χ2v) is 11.0. The van der Waals surface area contributed by atoms with Crippen molar-refractivity contribution in [1.82, 2.24) is 19.8 Å². The van der Waals surface area contributed by atoms with Crippen molar-refractivity contribution >= 4 is 46.2 Å². The van der Waals surface area contributed by atoms with Gasteiger partial charge in [0.25, 0.3) is 0 Å². The molecule has 1 amide bonds. The standard InChI is InChI=1S/C33H27Cl2FN4O/c34-26-8-3-22(4-9-26)2-1-16-39-17-14-31-29(21-39)28-19-25(24-5-10-27(35)11-6-24)7-12-30(28)40(31)33(41)38-20-23-13-15-37-32(36)18-23/h1-13,15,18-19H,14,16-17,20-21H2,(H,38,41). The molecule has 0 aliphatic carbocycles. The maximum absolute atomic E-state index is 13.6. The largest absolute Gasteiger partial charge is 0.333 e. The Morgan fingerprint density at radius 2 is 1.68 bits per heavy atom. The molecule has 1 aliphatic rings. The third-order valence-corrected chi connectivity index (χ3v) is 7.89. The molecule has 0 atom stereocenters. The van der Waals surface area contributed by atoms with Crippen molar-refractivity contribution in [2.75, 3.05) is 13.1 Å². The molecule has 1 N–H and O–H groups in total. The maximum Gasteiger partial charge on any atom is 0.326 e. The average molecular weight is 586 g/mol. The van der Waals surface area contributed by atoms with E-state index in [2.05, 4.69) is 33.4 Å². The maximum atomic E-state index is 13.6. The lowest BCUT2D eigenvalue weighted by atomic mass is 10.00. The number of nitrogens with zero attached hydrogens (tertiary/aromatic N) is 3. The van der Waals surface area contributed by atoms with Crippen molar-refractivity contribution in [3.8, 4) is 11.1 Å². The van der Waals surface area contributed by atoms with Crippen molar-refractivity contribution in [3.05, 3.63) is 130 Å². The first-order valence-corrected chi connectivity index (χ1v) is 14.2. The zero-order valence-corrected chi connectivity index (χ0v) is 23.7. The van der Waals surface area contributed by atoms with Gasteiger partial charge in [0.2, 0.25) is 5.95 Å². The van der Waals surface area contributed by atoms with Gasteiger partial charge in [-0.3, -0.25) is 9.47 Å². The molecule has 0 bridgehead atoms. The lowest BCUT2D eigenvalue weighted by molar-refractivity contribution is 0.240. The summed E-state index contributed by atoms with van der Waals surface area (Å²) in [5.41, 5.74) is 6.87. The molecule has 2 aromatic heterocycles. The van der Waals surface area contributed by atoms with Gasteiger partial charge in [-0.1, -0.05) is 65.7 Å². The molecule has 6 rings (SSSR count). The summed E-state index contributed by atoms with van der Waals surface area (Å²) in [6.45, 7) is 2.53. The van der Waals surface area contributed by atoms with Crippen LogP contribution in [0.4, 0.5) is 9.18 Å². The topological polar surface area (TPSA) is 50.2 Å². The Balaban J connectivity index is 1.31. The van der Waals surface area contributed by atoms with Crippen LogP contribution < -0.4 is 5.32 Å². The van der Waals surface area contributed by atoms with E-state index in [0.717, 1.165) is 69.9 Å². The summed E-state index contributed by atoms with van der Waals surface area (Å²) >= 11 is 12.1. The van der Waals surface area contributed by atoms with Crippen LogP contribution in [-0.4, -0.2) is 33.6 Å². The zero-order valence-electron chi connectivity index (χ0n) is 22.2. The SMILES string of the molecule is O=C(NCc1ccnc(F)c1)n1c2c(c3cc(-c4ccc(Cl)cc4)ccc31)CN(CC=Cc1ccc(Cl)cc1)CC2. The molecule has 3 heterocycles. The van der Waals surface area contributed by atoms with Crippen molar-refractivity contribution < 1.29 is 9.18 Å². The molecule has 41 heavy (non-hydrogen) atoms. The van der Waals surface area contributed by atoms with Gasteiger partial charge < -0.3 is 5.32 Å². The molecule has 0 radical (unpaired) electrons. The number of rotatable bonds is 6. The molecule has 0 fully saturated rings.